The van der Waals surface area contributed by atoms with Crippen molar-refractivity contribution in [3.05, 3.63) is 0 Å². The summed E-state index contributed by atoms with van der Waals surface area (Å²) in [6, 6.07) is 1.38. The van der Waals surface area contributed by atoms with Crippen molar-refractivity contribution in [1.82, 2.24) is 15.1 Å². The molecular formula is C12H25N3O. The van der Waals surface area contributed by atoms with Gasteiger partial charge in [-0.3, -0.25) is 4.90 Å². The van der Waals surface area contributed by atoms with Gasteiger partial charge in [0.25, 0.3) is 0 Å². The van der Waals surface area contributed by atoms with Gasteiger partial charge in [0.1, 0.15) is 0 Å². The van der Waals surface area contributed by atoms with E-state index in [1.54, 1.807) is 0 Å². The fraction of sp³-hybridized carbons (Fsp3) is 1.00. The van der Waals surface area contributed by atoms with Gasteiger partial charge in [-0.15, -0.1) is 0 Å². The fourth-order valence-corrected chi connectivity index (χ4v) is 2.09. The van der Waals surface area contributed by atoms with Gasteiger partial charge in [-0.2, -0.15) is 0 Å². The number of morpholine rings is 1. The molecule has 4 nitrogen and oxygen atoms in total. The second kappa shape index (κ2) is 5.96. The van der Waals surface area contributed by atoms with Crippen molar-refractivity contribution in [1.29, 1.82) is 0 Å². The fourth-order valence-electron chi connectivity index (χ4n) is 2.09. The van der Waals surface area contributed by atoms with E-state index in [0.29, 0.717) is 6.04 Å². The molecule has 0 aromatic carbocycles. The zero-order valence-electron chi connectivity index (χ0n) is 10.6. The third kappa shape index (κ3) is 4.01. The molecule has 1 N–H and O–H groups in total. The smallest absolute Gasteiger partial charge is 0.0634 e. The Morgan fingerprint density at radius 3 is 2.88 bits per heavy atom. The average Bonchev–Trinajstić information content (AvgIpc) is 3.08. The molecule has 1 aliphatic heterocycles. The molecule has 0 radical (unpaired) electrons. The van der Waals surface area contributed by atoms with Gasteiger partial charge in [0.15, 0.2) is 0 Å². The molecule has 0 aromatic heterocycles. The zero-order valence-corrected chi connectivity index (χ0v) is 10.6. The second-order valence-corrected chi connectivity index (χ2v) is 5.25. The van der Waals surface area contributed by atoms with E-state index in [0.717, 1.165) is 45.4 Å². The van der Waals surface area contributed by atoms with Gasteiger partial charge in [-0.1, -0.05) is 0 Å². The monoisotopic (exact) mass is 227 g/mol. The van der Waals surface area contributed by atoms with Crippen molar-refractivity contribution in [3.8, 4) is 0 Å². The predicted molar refractivity (Wildman–Crippen MR) is 65.8 cm³/mol. The van der Waals surface area contributed by atoms with E-state index in [9.17, 15) is 0 Å². The Kier molecular flexibility index (Phi) is 4.58. The van der Waals surface area contributed by atoms with Crippen LogP contribution in [0, 0.1) is 0 Å². The molecule has 1 saturated carbocycles. The zero-order chi connectivity index (χ0) is 11.4. The highest BCUT2D eigenvalue weighted by atomic mass is 16.5. The SMILES string of the molecule is CN(C)CCN1CCOCC1CNC1CC1. The minimum atomic E-state index is 0.578. The van der Waals surface area contributed by atoms with E-state index >= 15 is 0 Å². The minimum Gasteiger partial charge on any atom is -0.378 e. The van der Waals surface area contributed by atoms with Crippen LogP contribution in [0.2, 0.25) is 0 Å². The average molecular weight is 227 g/mol. The molecule has 4 heteroatoms. The van der Waals surface area contributed by atoms with Gasteiger partial charge in [0.05, 0.1) is 13.2 Å². The summed E-state index contributed by atoms with van der Waals surface area (Å²) in [7, 11) is 4.27. The first-order valence-electron chi connectivity index (χ1n) is 6.45. The number of likely N-dealkylation sites (N-methyl/N-ethyl adjacent to an activating group) is 1. The van der Waals surface area contributed by atoms with Crippen LogP contribution in [0.4, 0.5) is 0 Å². The summed E-state index contributed by atoms with van der Waals surface area (Å²) < 4.78 is 5.58. The highest BCUT2D eigenvalue weighted by molar-refractivity contribution is 4.85. The topological polar surface area (TPSA) is 27.7 Å². The van der Waals surface area contributed by atoms with Crippen LogP contribution in [-0.4, -0.2) is 75.4 Å². The van der Waals surface area contributed by atoms with Crippen molar-refractivity contribution >= 4 is 0 Å². The van der Waals surface area contributed by atoms with Crippen LogP contribution in [0.25, 0.3) is 0 Å². The van der Waals surface area contributed by atoms with Gasteiger partial charge in [0, 0.05) is 38.3 Å². The van der Waals surface area contributed by atoms with E-state index < -0.39 is 0 Å². The molecule has 2 fully saturated rings. The van der Waals surface area contributed by atoms with Crippen molar-refractivity contribution in [2.75, 3.05) is 53.5 Å². The summed E-state index contributed by atoms with van der Waals surface area (Å²) >= 11 is 0. The molecule has 1 saturated heterocycles. The maximum absolute atomic E-state index is 5.58. The molecule has 1 atom stereocenters. The Bertz CT molecular complexity index is 192. The Morgan fingerprint density at radius 2 is 2.19 bits per heavy atom. The van der Waals surface area contributed by atoms with Crippen LogP contribution in [0.5, 0.6) is 0 Å². The normalized spacial score (nSPS) is 27.6. The first-order valence-corrected chi connectivity index (χ1v) is 6.45. The molecule has 0 spiro atoms. The van der Waals surface area contributed by atoms with Gasteiger partial charge < -0.3 is 15.0 Å². The van der Waals surface area contributed by atoms with Crippen molar-refractivity contribution in [3.63, 3.8) is 0 Å². The van der Waals surface area contributed by atoms with E-state index in [2.05, 4.69) is 29.2 Å². The summed E-state index contributed by atoms with van der Waals surface area (Å²) in [5.74, 6) is 0. The van der Waals surface area contributed by atoms with E-state index in [1.807, 2.05) is 0 Å². The lowest BCUT2D eigenvalue weighted by atomic mass is 10.2. The summed E-state index contributed by atoms with van der Waals surface area (Å²) in [5, 5.41) is 3.61. The van der Waals surface area contributed by atoms with Crippen LogP contribution in [0.15, 0.2) is 0 Å². The third-order valence-electron chi connectivity index (χ3n) is 3.40. The van der Waals surface area contributed by atoms with Crippen LogP contribution >= 0.6 is 0 Å². The number of rotatable bonds is 6. The van der Waals surface area contributed by atoms with Gasteiger partial charge in [-0.05, 0) is 26.9 Å². The highest BCUT2D eigenvalue weighted by Crippen LogP contribution is 2.19. The Hall–Kier alpha value is -0.160. The van der Waals surface area contributed by atoms with Crippen molar-refractivity contribution in [2.24, 2.45) is 0 Å². The molecule has 0 bridgehead atoms. The van der Waals surface area contributed by atoms with Crippen LogP contribution in [-0.2, 0) is 4.74 Å². The van der Waals surface area contributed by atoms with Crippen LogP contribution < -0.4 is 5.32 Å². The molecule has 1 heterocycles. The first kappa shape index (κ1) is 12.3. The maximum Gasteiger partial charge on any atom is 0.0634 e. The molecule has 16 heavy (non-hydrogen) atoms. The summed E-state index contributed by atoms with van der Waals surface area (Å²) in [5.41, 5.74) is 0. The molecule has 0 amide bonds. The molecule has 2 aliphatic rings. The second-order valence-electron chi connectivity index (χ2n) is 5.25. The third-order valence-corrected chi connectivity index (χ3v) is 3.40. The van der Waals surface area contributed by atoms with E-state index in [4.69, 9.17) is 4.74 Å². The largest absolute Gasteiger partial charge is 0.378 e. The maximum atomic E-state index is 5.58. The van der Waals surface area contributed by atoms with Gasteiger partial charge in [0.2, 0.25) is 0 Å². The summed E-state index contributed by atoms with van der Waals surface area (Å²) in [6.07, 6.45) is 2.73. The van der Waals surface area contributed by atoms with Crippen LogP contribution in [0.1, 0.15) is 12.8 Å². The number of nitrogens with zero attached hydrogens (tertiary/aromatic N) is 2. The predicted octanol–water partition coefficient (Wildman–Crippen LogP) is 0.000800. The van der Waals surface area contributed by atoms with Crippen molar-refractivity contribution < 1.29 is 4.74 Å². The Morgan fingerprint density at radius 1 is 1.38 bits per heavy atom. The van der Waals surface area contributed by atoms with Crippen LogP contribution in [0.3, 0.4) is 0 Å². The summed E-state index contributed by atoms with van der Waals surface area (Å²) in [4.78, 5) is 4.82. The van der Waals surface area contributed by atoms with E-state index in [1.165, 1.54) is 12.8 Å². The number of hydrogen-bond donors (Lipinski definition) is 1. The first-order chi connectivity index (χ1) is 7.75. The summed E-state index contributed by atoms with van der Waals surface area (Å²) in [6.45, 7) is 6.27. The molecule has 1 aliphatic carbocycles. The number of nitrogens with one attached hydrogen (secondary N) is 1. The lowest BCUT2D eigenvalue weighted by Gasteiger charge is -2.36. The molecule has 94 valence electrons. The quantitative estimate of drug-likeness (QED) is 0.691. The van der Waals surface area contributed by atoms with E-state index in [-0.39, 0.29) is 0 Å². The Balaban J connectivity index is 1.71. The molecular weight excluding hydrogens is 202 g/mol. The standard InChI is InChI=1S/C12H25N3O/c1-14(2)5-6-15-7-8-16-10-12(15)9-13-11-3-4-11/h11-13H,3-10H2,1-2H3. The molecule has 1 unspecified atom stereocenters. The molecule has 0 aromatic rings. The Labute approximate surface area is 98.9 Å². The number of hydrogen-bond acceptors (Lipinski definition) is 4. The number of ether oxygens (including phenoxy) is 1. The lowest BCUT2D eigenvalue weighted by Crippen LogP contribution is -2.52. The van der Waals surface area contributed by atoms with Crippen molar-refractivity contribution in [2.45, 2.75) is 24.9 Å². The van der Waals surface area contributed by atoms with Gasteiger partial charge in [-0.25, -0.2) is 0 Å². The lowest BCUT2D eigenvalue weighted by molar-refractivity contribution is -0.00891. The van der Waals surface area contributed by atoms with Gasteiger partial charge >= 0.3 is 0 Å². The highest BCUT2D eigenvalue weighted by Gasteiger charge is 2.26. The molecule has 2 rings (SSSR count). The minimum absolute atomic E-state index is 0.578.